The largest absolute Gasteiger partial charge is 0.293 e. The van der Waals surface area contributed by atoms with Crippen molar-refractivity contribution in [2.45, 2.75) is 19.9 Å². The number of hydrazone groups is 1. The van der Waals surface area contributed by atoms with Crippen LogP contribution < -0.4 is 9.91 Å². The van der Waals surface area contributed by atoms with Crippen LogP contribution in [0.5, 0.6) is 0 Å². The van der Waals surface area contributed by atoms with Gasteiger partial charge < -0.3 is 0 Å². The van der Waals surface area contributed by atoms with E-state index >= 15 is 0 Å². The summed E-state index contributed by atoms with van der Waals surface area (Å²) in [5, 5.41) is 6.21. The zero-order valence-corrected chi connectivity index (χ0v) is 15.5. The maximum absolute atomic E-state index is 13.2. The molecule has 6 nitrogen and oxygen atoms in total. The number of carbonyl (C=O) groups is 3. The number of rotatable bonds is 3. The molecule has 2 amide bonds. The Balaban J connectivity index is 1.80. The number of Topliss-reactive ketones (excluding diaryl/α,β-unsaturated/α-hetero) is 1. The van der Waals surface area contributed by atoms with Crippen molar-refractivity contribution in [3.8, 4) is 0 Å². The Morgan fingerprint density at radius 3 is 2.37 bits per heavy atom. The van der Waals surface area contributed by atoms with E-state index in [9.17, 15) is 14.4 Å². The van der Waals surface area contributed by atoms with Gasteiger partial charge in [0.25, 0.3) is 5.91 Å². The molecule has 0 radical (unpaired) electrons. The standard InChI is InChI=1S/C20H16ClN3O3/c1-11-6-8-14(9-7-11)23-19(26)16-17(12(2)25)22-24(18(16)20(23)27)15-5-3-4-13(21)10-15/h3-10,16,18H,1-2H3/t16-,18+/m0/s1. The molecule has 0 aromatic heterocycles. The van der Waals surface area contributed by atoms with Crippen LogP contribution in [0.3, 0.4) is 0 Å². The molecule has 4 rings (SSSR count). The number of amides is 2. The molecule has 0 N–H and O–H groups in total. The number of anilines is 2. The van der Waals surface area contributed by atoms with Crippen LogP contribution in [0.25, 0.3) is 0 Å². The summed E-state index contributed by atoms with van der Waals surface area (Å²) in [6.45, 7) is 3.27. The lowest BCUT2D eigenvalue weighted by atomic mass is 9.95. The smallest absolute Gasteiger partial charge is 0.259 e. The van der Waals surface area contributed by atoms with Gasteiger partial charge in [-0.25, -0.2) is 4.90 Å². The highest BCUT2D eigenvalue weighted by atomic mass is 35.5. The van der Waals surface area contributed by atoms with Crippen molar-refractivity contribution < 1.29 is 14.4 Å². The van der Waals surface area contributed by atoms with E-state index in [4.69, 9.17) is 11.6 Å². The van der Waals surface area contributed by atoms with Crippen LogP contribution in [0.2, 0.25) is 5.02 Å². The van der Waals surface area contributed by atoms with Crippen LogP contribution in [-0.4, -0.2) is 29.4 Å². The van der Waals surface area contributed by atoms with Gasteiger partial charge in [0.2, 0.25) is 5.91 Å². The molecule has 0 unspecified atom stereocenters. The number of hydrogen-bond acceptors (Lipinski definition) is 5. The van der Waals surface area contributed by atoms with Gasteiger partial charge in [0, 0.05) is 11.9 Å². The third-order valence-corrected chi connectivity index (χ3v) is 5.01. The van der Waals surface area contributed by atoms with E-state index in [-0.39, 0.29) is 11.5 Å². The quantitative estimate of drug-likeness (QED) is 0.766. The number of benzene rings is 2. The van der Waals surface area contributed by atoms with Gasteiger partial charge >= 0.3 is 0 Å². The van der Waals surface area contributed by atoms with Crippen LogP contribution in [0.15, 0.2) is 53.6 Å². The summed E-state index contributed by atoms with van der Waals surface area (Å²) in [6, 6.07) is 13.0. The summed E-state index contributed by atoms with van der Waals surface area (Å²) in [5.41, 5.74) is 2.15. The topological polar surface area (TPSA) is 70.1 Å². The highest BCUT2D eigenvalue weighted by Gasteiger charge is 2.58. The second kappa shape index (κ2) is 6.32. The first-order chi connectivity index (χ1) is 12.9. The number of fused-ring (bicyclic) bond motifs is 1. The molecule has 7 heteroatoms. The van der Waals surface area contributed by atoms with Gasteiger partial charge in [-0.05, 0) is 37.3 Å². The minimum atomic E-state index is -0.921. The van der Waals surface area contributed by atoms with Crippen LogP contribution in [0, 0.1) is 12.8 Å². The van der Waals surface area contributed by atoms with Crippen LogP contribution >= 0.6 is 11.6 Å². The minimum absolute atomic E-state index is 0.0907. The first kappa shape index (κ1) is 17.4. The van der Waals surface area contributed by atoms with Crippen molar-refractivity contribution in [1.82, 2.24) is 0 Å². The molecule has 136 valence electrons. The normalized spacial score (nSPS) is 21.5. The first-order valence-electron chi connectivity index (χ1n) is 8.47. The second-order valence-corrected chi connectivity index (χ2v) is 7.07. The van der Waals surface area contributed by atoms with Gasteiger partial charge in [-0.2, -0.15) is 5.10 Å². The molecular formula is C20H16ClN3O3. The molecule has 2 atom stereocenters. The zero-order valence-electron chi connectivity index (χ0n) is 14.7. The third kappa shape index (κ3) is 2.73. The SMILES string of the molecule is CC(=O)C1=NN(c2cccc(Cl)c2)[C@H]2C(=O)N(c3ccc(C)cc3)C(=O)[C@@H]12. The summed E-state index contributed by atoms with van der Waals surface area (Å²) >= 11 is 6.07. The zero-order chi connectivity index (χ0) is 19.3. The number of ketones is 1. The Hall–Kier alpha value is -2.99. The lowest BCUT2D eigenvalue weighted by Gasteiger charge is -2.22. The predicted octanol–water partition coefficient (Wildman–Crippen LogP) is 2.97. The Kier molecular flexibility index (Phi) is 4.08. The number of halogens is 1. The molecule has 2 aromatic carbocycles. The fourth-order valence-electron chi connectivity index (χ4n) is 3.49. The number of imide groups is 1. The van der Waals surface area contributed by atoms with E-state index in [1.807, 2.05) is 19.1 Å². The van der Waals surface area contributed by atoms with Crippen molar-refractivity contribution in [3.63, 3.8) is 0 Å². The number of nitrogens with zero attached hydrogens (tertiary/aromatic N) is 3. The molecule has 2 aliphatic rings. The van der Waals surface area contributed by atoms with Crippen molar-refractivity contribution in [3.05, 3.63) is 59.1 Å². The van der Waals surface area contributed by atoms with Gasteiger partial charge in [0.15, 0.2) is 5.78 Å². The summed E-state index contributed by atoms with van der Waals surface area (Å²) in [7, 11) is 0. The molecular weight excluding hydrogens is 366 g/mol. The number of aryl methyl sites for hydroxylation is 1. The Labute approximate surface area is 161 Å². The molecule has 27 heavy (non-hydrogen) atoms. The van der Waals surface area contributed by atoms with E-state index in [0.717, 1.165) is 10.5 Å². The third-order valence-electron chi connectivity index (χ3n) is 4.77. The molecule has 2 heterocycles. The van der Waals surface area contributed by atoms with Gasteiger partial charge in [-0.1, -0.05) is 35.4 Å². The van der Waals surface area contributed by atoms with E-state index < -0.39 is 23.8 Å². The molecule has 0 bridgehead atoms. The van der Waals surface area contributed by atoms with Crippen molar-refractivity contribution >= 4 is 46.3 Å². The maximum Gasteiger partial charge on any atom is 0.259 e. The molecule has 2 aromatic rings. The van der Waals surface area contributed by atoms with E-state index in [2.05, 4.69) is 5.10 Å². The van der Waals surface area contributed by atoms with Crippen LogP contribution in [-0.2, 0) is 14.4 Å². The van der Waals surface area contributed by atoms with E-state index in [1.54, 1.807) is 36.4 Å². The molecule has 0 aliphatic carbocycles. The first-order valence-corrected chi connectivity index (χ1v) is 8.85. The fraction of sp³-hybridized carbons (Fsp3) is 0.200. The van der Waals surface area contributed by atoms with Crippen LogP contribution in [0.4, 0.5) is 11.4 Å². The van der Waals surface area contributed by atoms with Crippen molar-refractivity contribution in [2.75, 3.05) is 9.91 Å². The molecule has 0 saturated carbocycles. The second-order valence-electron chi connectivity index (χ2n) is 6.64. The van der Waals surface area contributed by atoms with Gasteiger partial charge in [-0.15, -0.1) is 0 Å². The van der Waals surface area contributed by atoms with Gasteiger partial charge in [0.1, 0.15) is 17.7 Å². The van der Waals surface area contributed by atoms with Crippen molar-refractivity contribution in [2.24, 2.45) is 11.0 Å². The molecule has 0 spiro atoms. The molecule has 1 saturated heterocycles. The Morgan fingerprint density at radius 2 is 1.74 bits per heavy atom. The lowest BCUT2D eigenvalue weighted by Crippen LogP contribution is -2.39. The predicted molar refractivity (Wildman–Crippen MR) is 103 cm³/mol. The van der Waals surface area contributed by atoms with E-state index in [0.29, 0.717) is 16.4 Å². The molecule has 1 fully saturated rings. The van der Waals surface area contributed by atoms with Gasteiger partial charge in [-0.3, -0.25) is 19.4 Å². The summed E-state index contributed by atoms with van der Waals surface area (Å²) in [6.07, 6.45) is 0. The molecule has 2 aliphatic heterocycles. The monoisotopic (exact) mass is 381 g/mol. The highest BCUT2D eigenvalue weighted by molar-refractivity contribution is 6.48. The summed E-state index contributed by atoms with van der Waals surface area (Å²) < 4.78 is 0. The fourth-order valence-corrected chi connectivity index (χ4v) is 3.67. The van der Waals surface area contributed by atoms with Gasteiger partial charge in [0.05, 0.1) is 11.4 Å². The average molecular weight is 382 g/mol. The average Bonchev–Trinajstić information content (AvgIpc) is 3.14. The highest BCUT2D eigenvalue weighted by Crippen LogP contribution is 2.38. The maximum atomic E-state index is 13.2. The number of carbonyl (C=O) groups excluding carboxylic acids is 3. The lowest BCUT2D eigenvalue weighted by molar-refractivity contribution is -0.122. The Bertz CT molecular complexity index is 1000. The van der Waals surface area contributed by atoms with Crippen LogP contribution in [0.1, 0.15) is 12.5 Å². The summed E-state index contributed by atoms with van der Waals surface area (Å²) in [5.74, 6) is -2.10. The van der Waals surface area contributed by atoms with E-state index in [1.165, 1.54) is 11.9 Å². The van der Waals surface area contributed by atoms with Crippen molar-refractivity contribution in [1.29, 1.82) is 0 Å². The summed E-state index contributed by atoms with van der Waals surface area (Å²) in [4.78, 5) is 39.5. The Morgan fingerprint density at radius 1 is 1.04 bits per heavy atom. The number of hydrogen-bond donors (Lipinski definition) is 0. The minimum Gasteiger partial charge on any atom is -0.293 e.